The van der Waals surface area contributed by atoms with E-state index in [4.69, 9.17) is 26.9 Å². The van der Waals surface area contributed by atoms with Gasteiger partial charge in [-0.15, -0.1) is 0 Å². The van der Waals surface area contributed by atoms with E-state index in [1.807, 2.05) is 30.5 Å². The number of pyridine rings is 1. The molecule has 2 rings (SSSR count). The van der Waals surface area contributed by atoms with Crippen molar-refractivity contribution >= 4 is 23.5 Å². The van der Waals surface area contributed by atoms with Gasteiger partial charge in [-0.25, -0.2) is 9.59 Å². The average Bonchev–Trinajstić information content (AvgIpc) is 2.70. The Bertz CT molecular complexity index is 749. The van der Waals surface area contributed by atoms with Crippen LogP contribution in [0.2, 0.25) is 5.02 Å². The first kappa shape index (κ1) is 27.3. The third-order valence-corrected chi connectivity index (χ3v) is 3.80. The highest BCUT2D eigenvalue weighted by atomic mass is 35.5. The maximum absolute atomic E-state index is 9.55. The minimum atomic E-state index is -1.26. The maximum atomic E-state index is 9.55. The van der Waals surface area contributed by atoms with Crippen molar-refractivity contribution in [1.29, 1.82) is 0 Å². The number of carboxylic acid groups (broad SMARTS) is 2. The van der Waals surface area contributed by atoms with Crippen molar-refractivity contribution in [3.05, 3.63) is 77.1 Å². The number of aliphatic carboxylic acids is 2. The van der Waals surface area contributed by atoms with Crippen LogP contribution in [-0.4, -0.2) is 64.4 Å². The Labute approximate surface area is 182 Å². The topological polar surface area (TPSA) is 111 Å². The van der Waals surface area contributed by atoms with Crippen LogP contribution in [0.4, 0.5) is 0 Å². The summed E-state index contributed by atoms with van der Waals surface area (Å²) in [5.41, 5.74) is 2.39. The molecule has 0 saturated heterocycles. The molecule has 0 aliphatic rings. The molecule has 1 aromatic carbocycles. The molecule has 1 heterocycles. The first-order chi connectivity index (χ1) is 14.2. The lowest BCUT2D eigenvalue weighted by Gasteiger charge is -2.19. The molecule has 0 spiro atoms. The van der Waals surface area contributed by atoms with E-state index in [9.17, 15) is 9.59 Å². The molecule has 1 atom stereocenters. The van der Waals surface area contributed by atoms with Crippen molar-refractivity contribution in [2.45, 2.75) is 19.3 Å². The second-order valence-electron chi connectivity index (χ2n) is 6.28. The molecule has 0 aliphatic carbocycles. The molecule has 0 fully saturated rings. The lowest BCUT2D eigenvalue weighted by atomic mass is 9.92. The summed E-state index contributed by atoms with van der Waals surface area (Å²) in [5, 5.41) is 24.0. The summed E-state index contributed by atoms with van der Waals surface area (Å²) in [6, 6.07) is 14.2. The number of carbonyl (C=O) groups is 2. The van der Waals surface area contributed by atoms with E-state index < -0.39 is 11.9 Å². The van der Waals surface area contributed by atoms with Gasteiger partial charge in [-0.05, 0) is 63.8 Å². The minimum Gasteiger partial charge on any atom is -0.478 e. The van der Waals surface area contributed by atoms with Gasteiger partial charge in [0.2, 0.25) is 0 Å². The highest BCUT2D eigenvalue weighted by molar-refractivity contribution is 6.30. The number of aliphatic hydroxyl groups is 1. The Morgan fingerprint density at radius 2 is 1.60 bits per heavy atom. The molecule has 7 nitrogen and oxygen atoms in total. The Morgan fingerprint density at radius 1 is 1.07 bits per heavy atom. The van der Waals surface area contributed by atoms with E-state index in [1.54, 1.807) is 6.92 Å². The van der Waals surface area contributed by atoms with Crippen LogP contribution in [0.15, 0.2) is 60.8 Å². The number of rotatable bonds is 7. The number of benzene rings is 1. The third kappa shape index (κ3) is 13.4. The molecular weight excluding hydrogens is 408 g/mol. The highest BCUT2D eigenvalue weighted by Crippen LogP contribution is 2.27. The van der Waals surface area contributed by atoms with Crippen molar-refractivity contribution in [2.24, 2.45) is 0 Å². The van der Waals surface area contributed by atoms with Crippen molar-refractivity contribution in [2.75, 3.05) is 27.2 Å². The fraction of sp³-hybridized carbons (Fsp3) is 0.318. The molecule has 0 amide bonds. The first-order valence-corrected chi connectivity index (χ1v) is 9.64. The zero-order chi connectivity index (χ0) is 22.9. The van der Waals surface area contributed by atoms with Crippen LogP contribution in [-0.2, 0) is 9.59 Å². The lowest BCUT2D eigenvalue weighted by molar-refractivity contribution is -0.134. The average molecular weight is 437 g/mol. The third-order valence-electron chi connectivity index (χ3n) is 3.55. The molecule has 3 N–H and O–H groups in total. The SMILES string of the molecule is CCO.CN(C)CCC(c1ccc(Cl)cc1)c1ccccn1.O=C(O)/C=C\C(=O)O. The van der Waals surface area contributed by atoms with Gasteiger partial charge in [-0.1, -0.05) is 29.8 Å². The fourth-order valence-electron chi connectivity index (χ4n) is 2.29. The van der Waals surface area contributed by atoms with Gasteiger partial charge in [0.25, 0.3) is 0 Å². The largest absolute Gasteiger partial charge is 0.478 e. The van der Waals surface area contributed by atoms with Gasteiger partial charge < -0.3 is 20.2 Å². The molecule has 0 aliphatic heterocycles. The molecule has 1 unspecified atom stereocenters. The molecule has 8 heteroatoms. The second kappa shape index (κ2) is 16.1. The van der Waals surface area contributed by atoms with Crippen molar-refractivity contribution in [1.82, 2.24) is 9.88 Å². The van der Waals surface area contributed by atoms with E-state index in [0.717, 1.165) is 23.7 Å². The van der Waals surface area contributed by atoms with Gasteiger partial charge in [0.05, 0.1) is 0 Å². The number of nitrogens with zero attached hydrogens (tertiary/aromatic N) is 2. The Morgan fingerprint density at radius 3 is 2.00 bits per heavy atom. The van der Waals surface area contributed by atoms with Crippen molar-refractivity contribution < 1.29 is 24.9 Å². The quantitative estimate of drug-likeness (QED) is 0.569. The van der Waals surface area contributed by atoms with Gasteiger partial charge >= 0.3 is 11.9 Å². The number of hydrogen-bond acceptors (Lipinski definition) is 5. The summed E-state index contributed by atoms with van der Waals surface area (Å²) in [6.07, 6.45) is 4.02. The van der Waals surface area contributed by atoms with E-state index in [-0.39, 0.29) is 6.61 Å². The summed E-state index contributed by atoms with van der Waals surface area (Å²) in [6.45, 7) is 2.96. The Hall–Kier alpha value is -2.74. The van der Waals surface area contributed by atoms with Crippen LogP contribution >= 0.6 is 11.6 Å². The number of aliphatic hydroxyl groups excluding tert-OH is 1. The summed E-state index contributed by atoms with van der Waals surface area (Å²) in [7, 11) is 4.19. The number of hydrogen-bond donors (Lipinski definition) is 3. The molecule has 0 bridgehead atoms. The predicted molar refractivity (Wildman–Crippen MR) is 118 cm³/mol. The zero-order valence-electron chi connectivity index (χ0n) is 17.4. The molecule has 0 saturated carbocycles. The minimum absolute atomic E-state index is 0.250. The zero-order valence-corrected chi connectivity index (χ0v) is 18.2. The van der Waals surface area contributed by atoms with Gasteiger partial charge in [0, 0.05) is 41.6 Å². The number of halogens is 1. The summed E-state index contributed by atoms with van der Waals surface area (Å²) in [5.74, 6) is -2.19. The Kier molecular flexibility index (Phi) is 14.6. The number of carboxylic acids is 2. The fourth-order valence-corrected chi connectivity index (χ4v) is 2.42. The van der Waals surface area contributed by atoms with E-state index in [2.05, 4.69) is 42.2 Å². The summed E-state index contributed by atoms with van der Waals surface area (Å²) >= 11 is 5.97. The van der Waals surface area contributed by atoms with Crippen LogP contribution in [0, 0.1) is 0 Å². The monoisotopic (exact) mass is 436 g/mol. The molecular formula is C22H29ClN2O5. The first-order valence-electron chi connectivity index (χ1n) is 9.27. The van der Waals surface area contributed by atoms with Gasteiger partial charge in [-0.2, -0.15) is 0 Å². The van der Waals surface area contributed by atoms with Gasteiger partial charge in [0.15, 0.2) is 0 Å². The van der Waals surface area contributed by atoms with Crippen LogP contribution < -0.4 is 0 Å². The number of aromatic nitrogens is 1. The van der Waals surface area contributed by atoms with Crippen LogP contribution in [0.1, 0.15) is 30.5 Å². The maximum Gasteiger partial charge on any atom is 0.328 e. The smallest absolute Gasteiger partial charge is 0.328 e. The molecule has 164 valence electrons. The van der Waals surface area contributed by atoms with E-state index in [0.29, 0.717) is 18.1 Å². The Balaban J connectivity index is 0.000000641. The van der Waals surface area contributed by atoms with Crippen LogP contribution in [0.3, 0.4) is 0 Å². The lowest BCUT2D eigenvalue weighted by Crippen LogP contribution is -2.17. The second-order valence-corrected chi connectivity index (χ2v) is 6.71. The molecule has 2 aromatic rings. The van der Waals surface area contributed by atoms with E-state index >= 15 is 0 Å². The summed E-state index contributed by atoms with van der Waals surface area (Å²) < 4.78 is 0. The highest BCUT2D eigenvalue weighted by Gasteiger charge is 2.15. The molecule has 0 radical (unpaired) electrons. The molecule has 1 aromatic heterocycles. The van der Waals surface area contributed by atoms with Crippen molar-refractivity contribution in [3.8, 4) is 0 Å². The normalized spacial score (nSPS) is 11.1. The van der Waals surface area contributed by atoms with E-state index in [1.165, 1.54) is 5.56 Å². The van der Waals surface area contributed by atoms with Gasteiger partial charge in [-0.3, -0.25) is 4.98 Å². The summed E-state index contributed by atoms with van der Waals surface area (Å²) in [4.78, 5) is 25.8. The van der Waals surface area contributed by atoms with Crippen molar-refractivity contribution in [3.63, 3.8) is 0 Å². The van der Waals surface area contributed by atoms with Gasteiger partial charge in [0.1, 0.15) is 0 Å². The predicted octanol–water partition coefficient (Wildman–Crippen LogP) is 3.53. The van der Waals surface area contributed by atoms with Crippen LogP contribution in [0.25, 0.3) is 0 Å². The van der Waals surface area contributed by atoms with Crippen LogP contribution in [0.5, 0.6) is 0 Å². The molecule has 30 heavy (non-hydrogen) atoms. The standard InChI is InChI=1S/C16H19ClN2.C4H4O4.C2H6O/c1-19(2)12-10-15(16-5-3-4-11-18-16)13-6-8-14(17)9-7-13;5-3(6)1-2-4(7)8;1-2-3/h3-9,11,15H,10,12H2,1-2H3;1-2H,(H,5,6)(H,7,8);3H,2H2,1H3/b;2-1-;.